The first kappa shape index (κ1) is 23.1. The summed E-state index contributed by atoms with van der Waals surface area (Å²) in [5.74, 6) is 0.876. The second kappa shape index (κ2) is 13.2. The van der Waals surface area contributed by atoms with Crippen molar-refractivity contribution in [3.8, 4) is 11.5 Å². The number of ether oxygens (including phenoxy) is 2. The van der Waals surface area contributed by atoms with Crippen LogP contribution in [-0.2, 0) is 4.84 Å². The summed E-state index contributed by atoms with van der Waals surface area (Å²) in [6.07, 6.45) is 5.13. The number of oxime groups is 1. The van der Waals surface area contributed by atoms with Crippen LogP contribution >= 0.6 is 39.1 Å². The molecule has 0 aromatic heterocycles. The molecule has 0 saturated heterocycles. The first-order chi connectivity index (χ1) is 12.4. The molecule has 0 N–H and O–H groups in total. The third kappa shape index (κ3) is 10.2. The molecule has 1 rings (SSSR count). The minimum Gasteiger partial charge on any atom is -0.490 e. The van der Waals surface area contributed by atoms with Gasteiger partial charge in [0.05, 0.1) is 22.4 Å². The lowest BCUT2D eigenvalue weighted by Gasteiger charge is -2.12. The molecule has 0 spiro atoms. The van der Waals surface area contributed by atoms with Gasteiger partial charge in [0.15, 0.2) is 10.5 Å². The monoisotopic (exact) mass is 469 g/mol. The van der Waals surface area contributed by atoms with Crippen LogP contribution in [0.2, 0.25) is 10.0 Å². The van der Waals surface area contributed by atoms with Crippen molar-refractivity contribution in [2.75, 3.05) is 19.8 Å². The van der Waals surface area contributed by atoms with Gasteiger partial charge in [-0.25, -0.2) is 0 Å². The Morgan fingerprint density at radius 1 is 1.08 bits per heavy atom. The molecule has 0 unspecified atom stereocenters. The first-order valence-corrected chi connectivity index (χ1v) is 9.84. The Bertz CT molecular complexity index is 595. The topological polar surface area (TPSA) is 40.0 Å². The van der Waals surface area contributed by atoms with E-state index in [-0.39, 0.29) is 6.61 Å². The number of rotatable bonds is 12. The van der Waals surface area contributed by atoms with Crippen LogP contribution in [-0.4, -0.2) is 25.5 Å². The Kier molecular flexibility index (Phi) is 11.7. The summed E-state index contributed by atoms with van der Waals surface area (Å²) in [5, 5.41) is 4.60. The molecule has 0 heterocycles. The van der Waals surface area contributed by atoms with E-state index in [1.807, 2.05) is 13.8 Å². The van der Waals surface area contributed by atoms with Gasteiger partial charge < -0.3 is 14.3 Å². The average Bonchev–Trinajstić information content (AvgIpc) is 2.54. The van der Waals surface area contributed by atoms with E-state index in [1.54, 1.807) is 12.1 Å². The maximum absolute atomic E-state index is 12.6. The Labute approximate surface area is 172 Å². The van der Waals surface area contributed by atoms with Crippen LogP contribution in [0.25, 0.3) is 0 Å². The Balaban J connectivity index is 2.30. The van der Waals surface area contributed by atoms with Gasteiger partial charge in [0.25, 0.3) is 0 Å². The molecule has 0 bridgehead atoms. The van der Waals surface area contributed by atoms with Crippen molar-refractivity contribution >= 4 is 44.8 Å². The third-order valence-electron chi connectivity index (χ3n) is 3.08. The van der Waals surface area contributed by atoms with Crippen LogP contribution < -0.4 is 9.47 Å². The van der Waals surface area contributed by atoms with Crippen molar-refractivity contribution in [2.45, 2.75) is 39.5 Å². The predicted octanol–water partition coefficient (Wildman–Crippen LogP) is 6.93. The molecule has 0 atom stereocenters. The molecule has 4 nitrogen and oxygen atoms in total. The summed E-state index contributed by atoms with van der Waals surface area (Å²) in [7, 11) is 0. The summed E-state index contributed by atoms with van der Waals surface area (Å²) in [6.45, 7) is 5.00. The van der Waals surface area contributed by atoms with Crippen LogP contribution in [0.5, 0.6) is 11.5 Å². The minimum absolute atomic E-state index is 0.0663. The van der Waals surface area contributed by atoms with E-state index in [0.717, 1.165) is 31.4 Å². The zero-order valence-corrected chi connectivity index (χ0v) is 18.0. The van der Waals surface area contributed by atoms with Gasteiger partial charge in [-0.2, -0.15) is 4.39 Å². The van der Waals surface area contributed by atoms with Crippen LogP contribution in [0, 0.1) is 0 Å². The average molecular weight is 471 g/mol. The summed E-state index contributed by atoms with van der Waals surface area (Å²) in [4.78, 5) is 5.14. The van der Waals surface area contributed by atoms with E-state index in [9.17, 15) is 4.39 Å². The first-order valence-electron chi connectivity index (χ1n) is 8.29. The number of nitrogens with zero attached hydrogens (tertiary/aromatic N) is 1. The van der Waals surface area contributed by atoms with Crippen LogP contribution in [0.4, 0.5) is 4.39 Å². The van der Waals surface area contributed by atoms with E-state index >= 15 is 0 Å². The van der Waals surface area contributed by atoms with Gasteiger partial charge in [0.1, 0.15) is 19.0 Å². The van der Waals surface area contributed by atoms with Crippen molar-refractivity contribution in [2.24, 2.45) is 5.16 Å². The maximum atomic E-state index is 12.6. The van der Waals surface area contributed by atoms with E-state index in [1.165, 1.54) is 6.08 Å². The third-order valence-corrected chi connectivity index (χ3v) is 3.97. The van der Waals surface area contributed by atoms with Gasteiger partial charge >= 0.3 is 0 Å². The molecule has 0 aliphatic heterocycles. The zero-order valence-electron chi connectivity index (χ0n) is 14.9. The number of halogens is 4. The van der Waals surface area contributed by atoms with Crippen molar-refractivity contribution in [1.82, 2.24) is 0 Å². The molecule has 1 aromatic carbocycles. The largest absolute Gasteiger partial charge is 0.490 e. The normalized spacial score (nSPS) is 11.2. The molecule has 8 heteroatoms. The van der Waals surface area contributed by atoms with Crippen molar-refractivity contribution in [3.63, 3.8) is 0 Å². The van der Waals surface area contributed by atoms with Crippen molar-refractivity contribution in [3.05, 3.63) is 33.0 Å². The Morgan fingerprint density at radius 2 is 1.69 bits per heavy atom. The van der Waals surface area contributed by atoms with E-state index in [0.29, 0.717) is 34.8 Å². The lowest BCUT2D eigenvalue weighted by Crippen LogP contribution is -2.00. The van der Waals surface area contributed by atoms with Gasteiger partial charge in [0, 0.05) is 12.1 Å². The molecule has 0 amide bonds. The molecule has 1 aromatic rings. The second-order valence-corrected chi connectivity index (χ2v) is 7.23. The summed E-state index contributed by atoms with van der Waals surface area (Å²) in [6, 6.07) is 3.19. The standard InChI is InChI=1S/C18H23BrCl2FNO3/c1-13(2)23-26-9-6-4-3-5-8-25-18-15(20)11-14(12-16(18)21)24-10-7-17(19)22/h7,11-12H,3-6,8-10H2,1-2H3/b17-7-. The fourth-order valence-electron chi connectivity index (χ4n) is 1.93. The molecule has 0 saturated carbocycles. The molecular formula is C18H23BrCl2FNO3. The Morgan fingerprint density at radius 3 is 2.27 bits per heavy atom. The van der Waals surface area contributed by atoms with Gasteiger partial charge in [-0.1, -0.05) is 28.4 Å². The second-order valence-electron chi connectivity index (χ2n) is 5.66. The van der Waals surface area contributed by atoms with E-state index in [4.69, 9.17) is 37.5 Å². The SMILES string of the molecule is CC(C)=NOCCCCCCOc1c(Cl)cc(OC/C=C(\F)Br)cc1Cl. The molecule has 0 aliphatic carbocycles. The smallest absolute Gasteiger partial charge is 0.165 e. The number of hydrogen-bond donors (Lipinski definition) is 0. The lowest BCUT2D eigenvalue weighted by molar-refractivity contribution is 0.139. The zero-order chi connectivity index (χ0) is 19.4. The van der Waals surface area contributed by atoms with Gasteiger partial charge in [-0.05, 0) is 61.5 Å². The highest BCUT2D eigenvalue weighted by Gasteiger charge is 2.10. The lowest BCUT2D eigenvalue weighted by atomic mass is 10.2. The highest BCUT2D eigenvalue weighted by Crippen LogP contribution is 2.37. The molecule has 26 heavy (non-hydrogen) atoms. The van der Waals surface area contributed by atoms with E-state index < -0.39 is 4.74 Å². The van der Waals surface area contributed by atoms with E-state index in [2.05, 4.69) is 21.1 Å². The molecule has 0 fully saturated rings. The number of benzene rings is 1. The summed E-state index contributed by atoms with van der Waals surface area (Å²) in [5.41, 5.74) is 0.912. The summed E-state index contributed by atoms with van der Waals surface area (Å²) >= 11 is 15.0. The van der Waals surface area contributed by atoms with Gasteiger partial charge in [-0.15, -0.1) is 0 Å². The van der Waals surface area contributed by atoms with Crippen molar-refractivity contribution in [1.29, 1.82) is 0 Å². The van der Waals surface area contributed by atoms with Gasteiger partial charge in [-0.3, -0.25) is 0 Å². The minimum atomic E-state index is -0.491. The number of unbranched alkanes of at least 4 members (excludes halogenated alkanes) is 3. The number of hydrogen-bond acceptors (Lipinski definition) is 4. The van der Waals surface area contributed by atoms with Crippen LogP contribution in [0.15, 0.2) is 28.1 Å². The quantitative estimate of drug-likeness (QED) is 0.189. The van der Waals surface area contributed by atoms with Gasteiger partial charge in [0.2, 0.25) is 0 Å². The maximum Gasteiger partial charge on any atom is 0.165 e. The fraction of sp³-hybridized carbons (Fsp3) is 0.500. The highest BCUT2D eigenvalue weighted by atomic mass is 79.9. The molecule has 0 aliphatic rings. The highest BCUT2D eigenvalue weighted by molar-refractivity contribution is 9.11. The molecule has 0 radical (unpaired) electrons. The fourth-order valence-corrected chi connectivity index (χ4v) is 2.64. The van der Waals surface area contributed by atoms with Crippen LogP contribution in [0.1, 0.15) is 39.5 Å². The predicted molar refractivity (Wildman–Crippen MR) is 109 cm³/mol. The van der Waals surface area contributed by atoms with Crippen LogP contribution in [0.3, 0.4) is 0 Å². The van der Waals surface area contributed by atoms with Crippen molar-refractivity contribution < 1.29 is 18.7 Å². The molecular weight excluding hydrogens is 448 g/mol. The molecule has 146 valence electrons. The summed E-state index contributed by atoms with van der Waals surface area (Å²) < 4.78 is 23.1. The Hall–Kier alpha value is -0.980.